The Hall–Kier alpha value is -1.75. The van der Waals surface area contributed by atoms with E-state index in [0.717, 1.165) is 23.9 Å². The highest BCUT2D eigenvalue weighted by molar-refractivity contribution is 5.74. The lowest BCUT2D eigenvalue weighted by atomic mass is 10.2. The maximum absolute atomic E-state index is 5.44. The van der Waals surface area contributed by atoms with Crippen LogP contribution in [0.3, 0.4) is 0 Å². The predicted octanol–water partition coefficient (Wildman–Crippen LogP) is 2.00. The lowest BCUT2D eigenvalue weighted by molar-refractivity contribution is 0.101. The van der Waals surface area contributed by atoms with E-state index >= 15 is 0 Å². The summed E-state index contributed by atoms with van der Waals surface area (Å²) < 4.78 is 5.44. The molecule has 18 heavy (non-hydrogen) atoms. The molecule has 94 valence electrons. The highest BCUT2D eigenvalue weighted by Crippen LogP contribution is 2.24. The molecule has 2 aromatic rings. The normalized spacial score (nSPS) is 23.4. The van der Waals surface area contributed by atoms with E-state index < -0.39 is 0 Å². The minimum atomic E-state index is 0.250. The van der Waals surface area contributed by atoms with Gasteiger partial charge in [-0.05, 0) is 31.4 Å². The summed E-state index contributed by atoms with van der Waals surface area (Å²) in [6.45, 7) is 0. The first-order valence-corrected chi connectivity index (χ1v) is 6.25. The Morgan fingerprint density at radius 3 is 2.83 bits per heavy atom. The Kier molecular flexibility index (Phi) is 3.06. The Morgan fingerprint density at radius 2 is 2.00 bits per heavy atom. The van der Waals surface area contributed by atoms with Crippen LogP contribution in [0.25, 0.3) is 11.0 Å². The molecule has 0 radical (unpaired) electrons. The van der Waals surface area contributed by atoms with Gasteiger partial charge in [-0.2, -0.15) is 0 Å². The molecule has 3 rings (SSSR count). The number of fused-ring (bicyclic) bond motifs is 1. The van der Waals surface area contributed by atoms with Crippen LogP contribution in [-0.2, 0) is 4.74 Å². The van der Waals surface area contributed by atoms with Crippen LogP contribution >= 0.6 is 0 Å². The molecular weight excluding hydrogens is 228 g/mol. The second kappa shape index (κ2) is 4.86. The lowest BCUT2D eigenvalue weighted by Crippen LogP contribution is -2.30. The van der Waals surface area contributed by atoms with Crippen LogP contribution in [0.2, 0.25) is 0 Å². The zero-order valence-corrected chi connectivity index (χ0v) is 10.3. The summed E-state index contributed by atoms with van der Waals surface area (Å²) in [5.74, 6) is 0.586. The molecule has 5 heteroatoms. The zero-order chi connectivity index (χ0) is 12.4. The average molecular weight is 244 g/mol. The van der Waals surface area contributed by atoms with Crippen molar-refractivity contribution in [3.05, 3.63) is 24.3 Å². The molecule has 1 heterocycles. The molecule has 2 unspecified atom stereocenters. The average Bonchev–Trinajstić information content (AvgIpc) is 2.86. The molecular formula is C13H16N4O. The summed E-state index contributed by atoms with van der Waals surface area (Å²) >= 11 is 0. The number of para-hydroxylation sites is 1. The largest absolute Gasteiger partial charge is 0.379 e. The van der Waals surface area contributed by atoms with Gasteiger partial charge in [0.05, 0.1) is 17.7 Å². The zero-order valence-electron chi connectivity index (χ0n) is 10.3. The van der Waals surface area contributed by atoms with E-state index in [2.05, 4.69) is 20.5 Å². The Balaban J connectivity index is 1.82. The van der Waals surface area contributed by atoms with Crippen molar-refractivity contribution < 1.29 is 4.74 Å². The van der Waals surface area contributed by atoms with E-state index in [-0.39, 0.29) is 12.1 Å². The summed E-state index contributed by atoms with van der Waals surface area (Å²) in [5.41, 5.74) is 1.68. The van der Waals surface area contributed by atoms with E-state index in [1.54, 1.807) is 7.11 Å². The van der Waals surface area contributed by atoms with Crippen LogP contribution in [0.1, 0.15) is 19.3 Å². The summed E-state index contributed by atoms with van der Waals surface area (Å²) in [5, 5.41) is 11.6. The number of rotatable bonds is 3. The standard InChI is InChI=1S/C13H16N4O/c1-18-12-8-4-7-11(12)15-13-14-9-5-2-3-6-10(9)16-17-13/h2-3,5-6,11-12H,4,7-8H2,1H3,(H,14,15,17). The van der Waals surface area contributed by atoms with Crippen molar-refractivity contribution in [3.63, 3.8) is 0 Å². The van der Waals surface area contributed by atoms with Crippen LogP contribution < -0.4 is 5.32 Å². The predicted molar refractivity (Wildman–Crippen MR) is 69.4 cm³/mol. The fourth-order valence-corrected chi connectivity index (χ4v) is 2.48. The fraction of sp³-hybridized carbons (Fsp3) is 0.462. The fourth-order valence-electron chi connectivity index (χ4n) is 2.48. The molecule has 1 saturated carbocycles. The second-order valence-electron chi connectivity index (χ2n) is 4.58. The monoisotopic (exact) mass is 244 g/mol. The van der Waals surface area contributed by atoms with Gasteiger partial charge in [0.1, 0.15) is 5.52 Å². The van der Waals surface area contributed by atoms with Gasteiger partial charge in [-0.25, -0.2) is 4.98 Å². The van der Waals surface area contributed by atoms with Crippen molar-refractivity contribution in [1.82, 2.24) is 15.2 Å². The second-order valence-corrected chi connectivity index (χ2v) is 4.58. The number of ether oxygens (including phenoxy) is 1. The minimum absolute atomic E-state index is 0.250. The maximum atomic E-state index is 5.44. The van der Waals surface area contributed by atoms with Crippen LogP contribution in [0, 0.1) is 0 Å². The van der Waals surface area contributed by atoms with Gasteiger partial charge in [0.25, 0.3) is 0 Å². The SMILES string of the molecule is COC1CCCC1Nc1nnc2ccccc2n1. The number of benzene rings is 1. The molecule has 1 aromatic heterocycles. The molecule has 0 amide bonds. The molecule has 1 aliphatic carbocycles. The number of nitrogens with one attached hydrogen (secondary N) is 1. The van der Waals surface area contributed by atoms with Gasteiger partial charge < -0.3 is 10.1 Å². The van der Waals surface area contributed by atoms with Crippen molar-refractivity contribution in [2.75, 3.05) is 12.4 Å². The van der Waals surface area contributed by atoms with Gasteiger partial charge in [-0.3, -0.25) is 0 Å². The topological polar surface area (TPSA) is 59.9 Å². The molecule has 2 atom stereocenters. The number of methoxy groups -OCH3 is 1. The third-order valence-corrected chi connectivity index (χ3v) is 3.43. The maximum Gasteiger partial charge on any atom is 0.243 e. The van der Waals surface area contributed by atoms with Gasteiger partial charge in [-0.15, -0.1) is 10.2 Å². The van der Waals surface area contributed by atoms with Gasteiger partial charge in [-0.1, -0.05) is 12.1 Å². The Bertz CT molecular complexity index is 545. The lowest BCUT2D eigenvalue weighted by Gasteiger charge is -2.19. The number of hydrogen-bond acceptors (Lipinski definition) is 5. The number of anilines is 1. The van der Waals surface area contributed by atoms with Crippen LogP contribution in [0.15, 0.2) is 24.3 Å². The van der Waals surface area contributed by atoms with Crippen molar-refractivity contribution >= 4 is 17.0 Å². The third kappa shape index (κ3) is 2.13. The van der Waals surface area contributed by atoms with E-state index in [1.165, 1.54) is 6.42 Å². The van der Waals surface area contributed by atoms with E-state index in [4.69, 9.17) is 4.74 Å². The van der Waals surface area contributed by atoms with Crippen LogP contribution in [0.4, 0.5) is 5.95 Å². The summed E-state index contributed by atoms with van der Waals surface area (Å²) in [4.78, 5) is 4.47. The van der Waals surface area contributed by atoms with Gasteiger partial charge in [0, 0.05) is 7.11 Å². The summed E-state index contributed by atoms with van der Waals surface area (Å²) in [6.07, 6.45) is 3.61. The van der Waals surface area contributed by atoms with Crippen LogP contribution in [-0.4, -0.2) is 34.4 Å². The highest BCUT2D eigenvalue weighted by Gasteiger charge is 2.27. The molecule has 0 spiro atoms. The van der Waals surface area contributed by atoms with Crippen LogP contribution in [0.5, 0.6) is 0 Å². The molecule has 0 saturated heterocycles. The molecule has 1 aliphatic rings. The molecule has 5 nitrogen and oxygen atoms in total. The summed E-state index contributed by atoms with van der Waals surface area (Å²) in [6, 6.07) is 8.03. The smallest absolute Gasteiger partial charge is 0.243 e. The van der Waals surface area contributed by atoms with E-state index in [0.29, 0.717) is 5.95 Å². The Morgan fingerprint density at radius 1 is 1.17 bits per heavy atom. The molecule has 1 N–H and O–H groups in total. The van der Waals surface area contributed by atoms with E-state index in [1.807, 2.05) is 24.3 Å². The number of aromatic nitrogens is 3. The first-order valence-electron chi connectivity index (χ1n) is 6.25. The number of nitrogens with zero attached hydrogens (tertiary/aromatic N) is 3. The van der Waals surface area contributed by atoms with Gasteiger partial charge in [0.2, 0.25) is 5.95 Å². The first-order chi connectivity index (χ1) is 8.86. The van der Waals surface area contributed by atoms with Crippen molar-refractivity contribution in [1.29, 1.82) is 0 Å². The Labute approximate surface area is 106 Å². The van der Waals surface area contributed by atoms with E-state index in [9.17, 15) is 0 Å². The highest BCUT2D eigenvalue weighted by atomic mass is 16.5. The quantitative estimate of drug-likeness (QED) is 0.894. The van der Waals surface area contributed by atoms with Crippen molar-refractivity contribution in [3.8, 4) is 0 Å². The molecule has 0 aliphatic heterocycles. The van der Waals surface area contributed by atoms with Gasteiger partial charge in [0.15, 0.2) is 0 Å². The first kappa shape index (κ1) is 11.3. The van der Waals surface area contributed by atoms with Crippen molar-refractivity contribution in [2.45, 2.75) is 31.4 Å². The third-order valence-electron chi connectivity index (χ3n) is 3.43. The van der Waals surface area contributed by atoms with Gasteiger partial charge >= 0.3 is 0 Å². The summed E-state index contributed by atoms with van der Waals surface area (Å²) in [7, 11) is 1.75. The molecule has 1 aromatic carbocycles. The minimum Gasteiger partial charge on any atom is -0.379 e. The molecule has 1 fully saturated rings. The van der Waals surface area contributed by atoms with Crippen molar-refractivity contribution in [2.24, 2.45) is 0 Å². The molecule has 0 bridgehead atoms. The number of hydrogen-bond donors (Lipinski definition) is 1.